The van der Waals surface area contributed by atoms with E-state index >= 15 is 0 Å². The summed E-state index contributed by atoms with van der Waals surface area (Å²) in [4.78, 5) is 11.7. The molecule has 1 fully saturated rings. The largest absolute Gasteiger partial charge is 0.398 e. The Balaban J connectivity index is 2.51. The minimum Gasteiger partial charge on any atom is -0.398 e. The third-order valence-corrected chi connectivity index (χ3v) is 5.69. The Kier molecular flexibility index (Phi) is 4.22. The van der Waals surface area contributed by atoms with Crippen molar-refractivity contribution >= 4 is 33.2 Å². The second-order valence-corrected chi connectivity index (χ2v) is 6.72. The molecule has 1 aromatic carbocycles. The van der Waals surface area contributed by atoms with Crippen molar-refractivity contribution in [2.75, 3.05) is 18.8 Å². The summed E-state index contributed by atoms with van der Waals surface area (Å²) in [6, 6.07) is 3.79. The minimum absolute atomic E-state index is 0.0610. The Morgan fingerprint density at radius 1 is 1.50 bits per heavy atom. The Hall–Kier alpha value is -1.31. The highest BCUT2D eigenvalue weighted by atomic mass is 35.5. The highest BCUT2D eigenvalue weighted by Crippen LogP contribution is 2.31. The number of sulfonamides is 1. The quantitative estimate of drug-likeness (QED) is 0.807. The molecule has 1 aliphatic rings. The molecule has 3 N–H and O–H groups in total. The number of anilines is 1. The lowest BCUT2D eigenvalue weighted by Gasteiger charge is -2.33. The summed E-state index contributed by atoms with van der Waals surface area (Å²) in [6.45, 7) is 2.24. The molecule has 0 aromatic heterocycles. The Labute approximate surface area is 122 Å². The van der Waals surface area contributed by atoms with E-state index in [4.69, 9.17) is 17.3 Å². The Morgan fingerprint density at radius 2 is 2.20 bits per heavy atom. The van der Waals surface area contributed by atoms with E-state index < -0.39 is 16.1 Å². The molecule has 0 radical (unpaired) electrons. The fourth-order valence-corrected chi connectivity index (χ4v) is 4.59. The molecule has 20 heavy (non-hydrogen) atoms. The fourth-order valence-electron chi connectivity index (χ4n) is 2.29. The molecule has 2 rings (SSSR count). The molecule has 1 heterocycles. The summed E-state index contributed by atoms with van der Waals surface area (Å²) in [5.41, 5.74) is 5.83. The third-order valence-electron chi connectivity index (χ3n) is 3.23. The van der Waals surface area contributed by atoms with Gasteiger partial charge in [0, 0.05) is 13.1 Å². The van der Waals surface area contributed by atoms with Crippen molar-refractivity contribution < 1.29 is 13.2 Å². The van der Waals surface area contributed by atoms with Gasteiger partial charge in [-0.2, -0.15) is 4.31 Å². The van der Waals surface area contributed by atoms with Gasteiger partial charge in [-0.05, 0) is 18.6 Å². The van der Waals surface area contributed by atoms with E-state index in [9.17, 15) is 13.2 Å². The number of carbonyl (C=O) groups is 1. The van der Waals surface area contributed by atoms with Crippen LogP contribution in [-0.4, -0.2) is 37.8 Å². The van der Waals surface area contributed by atoms with Gasteiger partial charge in [0.25, 0.3) is 0 Å². The van der Waals surface area contributed by atoms with Crippen molar-refractivity contribution in [2.45, 2.75) is 24.3 Å². The van der Waals surface area contributed by atoms with Gasteiger partial charge in [-0.1, -0.05) is 24.6 Å². The summed E-state index contributed by atoms with van der Waals surface area (Å²) >= 11 is 5.97. The smallest absolute Gasteiger partial charge is 0.247 e. The van der Waals surface area contributed by atoms with Crippen LogP contribution in [0.15, 0.2) is 23.1 Å². The zero-order valence-corrected chi connectivity index (χ0v) is 12.5. The first-order valence-electron chi connectivity index (χ1n) is 6.23. The zero-order chi connectivity index (χ0) is 14.9. The number of benzene rings is 1. The number of nitrogens with zero attached hydrogens (tertiary/aromatic N) is 1. The van der Waals surface area contributed by atoms with Crippen molar-refractivity contribution in [1.82, 2.24) is 9.62 Å². The minimum atomic E-state index is -3.90. The number of carbonyl (C=O) groups excluding carboxylic acids is 1. The number of nitrogen functional groups attached to an aromatic ring is 1. The molecule has 1 saturated heterocycles. The Bertz CT molecular complexity index is 613. The molecule has 1 aliphatic heterocycles. The monoisotopic (exact) mass is 317 g/mol. The maximum atomic E-state index is 12.7. The van der Waals surface area contributed by atoms with Crippen molar-refractivity contribution in [2.24, 2.45) is 0 Å². The molecule has 1 atom stereocenters. The van der Waals surface area contributed by atoms with E-state index in [0.29, 0.717) is 6.42 Å². The van der Waals surface area contributed by atoms with E-state index in [1.807, 2.05) is 0 Å². The predicted octanol–water partition coefficient (Wildman–Crippen LogP) is 0.821. The number of nitrogens with one attached hydrogen (secondary N) is 1. The summed E-state index contributed by atoms with van der Waals surface area (Å²) < 4.78 is 26.6. The lowest BCUT2D eigenvalue weighted by Crippen LogP contribution is -2.56. The van der Waals surface area contributed by atoms with Crippen LogP contribution in [0, 0.1) is 0 Å². The van der Waals surface area contributed by atoms with Crippen molar-refractivity contribution in [3.05, 3.63) is 23.2 Å². The van der Waals surface area contributed by atoms with Crippen molar-refractivity contribution in [3.8, 4) is 0 Å². The SMILES string of the molecule is CCC1C(=O)NCCN1S(=O)(=O)c1c(N)cccc1Cl. The number of rotatable bonds is 3. The topological polar surface area (TPSA) is 92.5 Å². The highest BCUT2D eigenvalue weighted by molar-refractivity contribution is 7.89. The molecule has 1 unspecified atom stereocenters. The zero-order valence-electron chi connectivity index (χ0n) is 11.0. The summed E-state index contributed by atoms with van der Waals surface area (Å²) in [5, 5.41) is 2.72. The predicted molar refractivity (Wildman–Crippen MR) is 76.8 cm³/mol. The van der Waals surface area contributed by atoms with Crippen LogP contribution in [0.25, 0.3) is 0 Å². The second-order valence-electron chi connectivity index (χ2n) is 4.49. The van der Waals surface area contributed by atoms with Gasteiger partial charge in [0.15, 0.2) is 0 Å². The number of amides is 1. The van der Waals surface area contributed by atoms with E-state index in [1.165, 1.54) is 16.4 Å². The standard InChI is InChI=1S/C12H16ClN3O3S/c1-2-10-12(17)15-6-7-16(10)20(18,19)11-8(13)4-3-5-9(11)14/h3-5,10H,2,6-7,14H2,1H3,(H,15,17). The maximum Gasteiger partial charge on any atom is 0.247 e. The molecule has 110 valence electrons. The van der Waals surface area contributed by atoms with Gasteiger partial charge in [-0.25, -0.2) is 8.42 Å². The molecule has 1 amide bonds. The van der Waals surface area contributed by atoms with E-state index in [1.54, 1.807) is 13.0 Å². The maximum absolute atomic E-state index is 12.7. The molecule has 1 aromatic rings. The van der Waals surface area contributed by atoms with Gasteiger partial charge in [-0.3, -0.25) is 4.79 Å². The van der Waals surface area contributed by atoms with E-state index in [0.717, 1.165) is 0 Å². The van der Waals surface area contributed by atoms with Crippen LogP contribution in [0.2, 0.25) is 5.02 Å². The van der Waals surface area contributed by atoms with Gasteiger partial charge >= 0.3 is 0 Å². The lowest BCUT2D eigenvalue weighted by atomic mass is 10.2. The molecule has 0 saturated carbocycles. The average molecular weight is 318 g/mol. The first-order chi connectivity index (χ1) is 9.39. The van der Waals surface area contributed by atoms with Crippen LogP contribution in [0.5, 0.6) is 0 Å². The van der Waals surface area contributed by atoms with Crippen molar-refractivity contribution in [3.63, 3.8) is 0 Å². The van der Waals surface area contributed by atoms with Gasteiger partial charge in [0.2, 0.25) is 15.9 Å². The number of halogens is 1. The fraction of sp³-hybridized carbons (Fsp3) is 0.417. The lowest BCUT2D eigenvalue weighted by molar-refractivity contribution is -0.126. The second kappa shape index (κ2) is 5.59. The van der Waals surface area contributed by atoms with Crippen LogP contribution in [0.4, 0.5) is 5.69 Å². The molecule has 0 bridgehead atoms. The molecular formula is C12H16ClN3O3S. The number of piperazine rings is 1. The normalized spacial score (nSPS) is 20.7. The number of hydrogen-bond donors (Lipinski definition) is 2. The van der Waals surface area contributed by atoms with E-state index in [2.05, 4.69) is 5.32 Å². The summed E-state index contributed by atoms with van der Waals surface area (Å²) in [7, 11) is -3.90. The van der Waals surface area contributed by atoms with E-state index in [-0.39, 0.29) is 34.6 Å². The molecule has 8 heteroatoms. The van der Waals surface area contributed by atoms with Crippen LogP contribution in [0.1, 0.15) is 13.3 Å². The summed E-state index contributed by atoms with van der Waals surface area (Å²) in [5.74, 6) is -0.298. The van der Waals surface area contributed by atoms with Gasteiger partial charge in [0.1, 0.15) is 10.9 Å². The highest BCUT2D eigenvalue weighted by Gasteiger charge is 2.39. The molecule has 0 spiro atoms. The summed E-state index contributed by atoms with van der Waals surface area (Å²) in [6.07, 6.45) is 0.384. The first-order valence-corrected chi connectivity index (χ1v) is 8.05. The Morgan fingerprint density at radius 3 is 2.80 bits per heavy atom. The molecule has 0 aliphatic carbocycles. The van der Waals surface area contributed by atoms with Crippen molar-refractivity contribution in [1.29, 1.82) is 0 Å². The van der Waals surface area contributed by atoms with Gasteiger partial charge < -0.3 is 11.1 Å². The average Bonchev–Trinajstić information content (AvgIpc) is 2.37. The van der Waals surface area contributed by atoms with Crippen LogP contribution >= 0.6 is 11.6 Å². The van der Waals surface area contributed by atoms with Crippen LogP contribution in [-0.2, 0) is 14.8 Å². The molecular weight excluding hydrogens is 302 g/mol. The molecule has 6 nitrogen and oxygen atoms in total. The third kappa shape index (κ3) is 2.48. The van der Waals surface area contributed by atoms with Gasteiger partial charge in [0.05, 0.1) is 10.7 Å². The number of nitrogens with two attached hydrogens (primary N) is 1. The van der Waals surface area contributed by atoms with Gasteiger partial charge in [-0.15, -0.1) is 0 Å². The first kappa shape index (κ1) is 15.1. The number of hydrogen-bond acceptors (Lipinski definition) is 4. The van der Waals surface area contributed by atoms with Crippen LogP contribution in [0.3, 0.4) is 0 Å². The van der Waals surface area contributed by atoms with Crippen LogP contribution < -0.4 is 11.1 Å².